The number of nitro groups is 2. The molecule has 2 aromatic heterocycles. The van der Waals surface area contributed by atoms with Crippen LogP contribution in [0.15, 0.2) is 84.9 Å². The van der Waals surface area contributed by atoms with Gasteiger partial charge in [0.05, 0.1) is 28.1 Å². The molecule has 14 heteroatoms. The normalized spacial score (nSPS) is 10.8. The van der Waals surface area contributed by atoms with E-state index in [1.807, 2.05) is 0 Å². The number of aromatic nitrogens is 2. The monoisotopic (exact) mass is 628 g/mol. The van der Waals surface area contributed by atoms with Gasteiger partial charge in [-0.1, -0.05) is 24.3 Å². The van der Waals surface area contributed by atoms with E-state index in [1.165, 1.54) is 43.5 Å². The fourth-order valence-electron chi connectivity index (χ4n) is 5.08. The van der Waals surface area contributed by atoms with Crippen LogP contribution in [-0.4, -0.2) is 43.6 Å². The number of hydrogen-bond acceptors (Lipinski definition) is 7. The fraction of sp³-hybridized carbons (Fsp3) is 0.0625. The number of carbonyl (C=O) groups excluding carboxylic acids is 1. The first-order chi connectivity index (χ1) is 21.9. The van der Waals surface area contributed by atoms with Crippen molar-refractivity contribution in [2.45, 2.75) is 0 Å². The summed E-state index contributed by atoms with van der Waals surface area (Å²) in [5, 5.41) is 32.5. The van der Waals surface area contributed by atoms with E-state index in [9.17, 15) is 38.6 Å². The number of ether oxygens (including phenoxy) is 1. The Morgan fingerprint density at radius 2 is 1.39 bits per heavy atom. The lowest BCUT2D eigenvalue weighted by Gasteiger charge is -2.05. The molecule has 0 spiro atoms. The topological polar surface area (TPSA) is 171 Å². The number of fused-ring (bicyclic) bond motifs is 2. The zero-order valence-corrected chi connectivity index (χ0v) is 24.0. The molecule has 0 saturated carbocycles. The molecule has 232 valence electrons. The minimum Gasteiger partial charge on any atom is -0.478 e. The molecule has 0 unspecified atom stereocenters. The smallest absolute Gasteiger partial charge is 0.338 e. The molecule has 0 aliphatic heterocycles. The third-order valence-electron chi connectivity index (χ3n) is 7.13. The summed E-state index contributed by atoms with van der Waals surface area (Å²) in [5.74, 6) is -2.74. The summed E-state index contributed by atoms with van der Waals surface area (Å²) in [6, 6.07) is 20.0. The predicted octanol–water partition coefficient (Wildman–Crippen LogP) is 7.26. The Kier molecular flexibility index (Phi) is 8.27. The van der Waals surface area contributed by atoms with Crippen molar-refractivity contribution in [3.05, 3.63) is 128 Å². The minimum absolute atomic E-state index is 0.0801. The summed E-state index contributed by atoms with van der Waals surface area (Å²) in [6.45, 7) is 0. The van der Waals surface area contributed by atoms with Crippen LogP contribution in [0.25, 0.3) is 44.3 Å². The van der Waals surface area contributed by atoms with Gasteiger partial charge in [0.1, 0.15) is 22.7 Å². The van der Waals surface area contributed by atoms with Crippen molar-refractivity contribution in [3.63, 3.8) is 0 Å². The molecule has 46 heavy (non-hydrogen) atoms. The Morgan fingerprint density at radius 1 is 0.804 bits per heavy atom. The Bertz CT molecular complexity index is 2210. The molecule has 0 amide bonds. The number of hydrogen-bond donors (Lipinski definition) is 2. The number of methoxy groups -OCH3 is 1. The first-order valence-corrected chi connectivity index (χ1v) is 13.3. The molecule has 6 aromatic rings. The molecule has 2 heterocycles. The van der Waals surface area contributed by atoms with Crippen molar-refractivity contribution >= 4 is 45.1 Å². The van der Waals surface area contributed by atoms with Crippen molar-refractivity contribution in [2.24, 2.45) is 7.05 Å². The summed E-state index contributed by atoms with van der Waals surface area (Å²) in [7, 11) is 2.82. The second-order valence-corrected chi connectivity index (χ2v) is 10.00. The van der Waals surface area contributed by atoms with Crippen LogP contribution in [0, 0.1) is 31.9 Å². The summed E-state index contributed by atoms with van der Waals surface area (Å²) in [5.41, 5.74) is 2.11. The number of aromatic amines is 1. The molecule has 6 rings (SSSR count). The van der Waals surface area contributed by atoms with Gasteiger partial charge in [-0.05, 0) is 48.5 Å². The maximum absolute atomic E-state index is 13.4. The quantitative estimate of drug-likeness (QED) is 0.110. The third-order valence-corrected chi connectivity index (χ3v) is 7.13. The summed E-state index contributed by atoms with van der Waals surface area (Å²) >= 11 is 0. The molecule has 4 aromatic carbocycles. The van der Waals surface area contributed by atoms with Gasteiger partial charge in [-0.2, -0.15) is 0 Å². The van der Waals surface area contributed by atoms with E-state index >= 15 is 0 Å². The largest absolute Gasteiger partial charge is 0.478 e. The first kappa shape index (κ1) is 31.0. The van der Waals surface area contributed by atoms with E-state index in [0.717, 1.165) is 12.1 Å². The van der Waals surface area contributed by atoms with Gasteiger partial charge >= 0.3 is 11.9 Å². The van der Waals surface area contributed by atoms with Crippen LogP contribution >= 0.6 is 0 Å². The molecule has 0 saturated heterocycles. The summed E-state index contributed by atoms with van der Waals surface area (Å²) < 4.78 is 32.9. The van der Waals surface area contributed by atoms with E-state index in [4.69, 9.17) is 5.11 Å². The average molecular weight is 629 g/mol. The number of nitrogens with one attached hydrogen (secondary N) is 1. The van der Waals surface area contributed by atoms with E-state index < -0.39 is 33.4 Å². The molecule has 0 aliphatic carbocycles. The van der Waals surface area contributed by atoms with Gasteiger partial charge in [0.15, 0.2) is 0 Å². The molecule has 0 atom stereocenters. The second-order valence-electron chi connectivity index (χ2n) is 10.00. The third kappa shape index (κ3) is 5.99. The number of aryl methyl sites for hydroxylation is 1. The number of non-ortho nitro benzene ring substituents is 2. The van der Waals surface area contributed by atoms with Crippen LogP contribution < -0.4 is 0 Å². The van der Waals surface area contributed by atoms with Gasteiger partial charge in [0.25, 0.3) is 11.4 Å². The highest BCUT2D eigenvalue weighted by Gasteiger charge is 2.22. The van der Waals surface area contributed by atoms with Gasteiger partial charge < -0.3 is 19.4 Å². The molecule has 12 nitrogen and oxygen atoms in total. The fourth-order valence-corrected chi connectivity index (χ4v) is 5.08. The highest BCUT2D eigenvalue weighted by Crippen LogP contribution is 2.35. The van der Waals surface area contributed by atoms with E-state index in [2.05, 4.69) is 9.72 Å². The Labute approximate surface area is 257 Å². The second kappa shape index (κ2) is 12.3. The standard InChI is InChI=1S/2C16H11FN2O4/c1-23-16(20)11-5-10-7-13(9-3-2-4-12(17)6-9)18-15(10)14(8-11)19(21)22;1-18-13(9-3-2-4-12(17)6-9)7-10-5-11(16(20)21)8-14(15(10)18)19(22)23/h2-8,18H,1H3;2-8H,1H3,(H,20,21). The number of nitrogens with zero attached hydrogens (tertiary/aromatic N) is 3. The number of aromatic carboxylic acids is 1. The van der Waals surface area contributed by atoms with Crippen LogP contribution in [0.4, 0.5) is 20.2 Å². The number of carbonyl (C=O) groups is 2. The number of carboxylic acids is 1. The van der Waals surface area contributed by atoms with Crippen molar-refractivity contribution in [1.82, 2.24) is 9.55 Å². The summed E-state index contributed by atoms with van der Waals surface area (Å²) in [6.07, 6.45) is 0. The van der Waals surface area contributed by atoms with E-state index in [-0.39, 0.29) is 28.0 Å². The van der Waals surface area contributed by atoms with Gasteiger partial charge in [-0.15, -0.1) is 0 Å². The number of benzene rings is 4. The summed E-state index contributed by atoms with van der Waals surface area (Å²) in [4.78, 5) is 47.0. The number of carboxylic acid groups (broad SMARTS) is 1. The molecular formula is C32H22F2N4O8. The maximum atomic E-state index is 13.4. The van der Waals surface area contributed by atoms with Gasteiger partial charge in [0, 0.05) is 52.5 Å². The number of H-pyrrole nitrogens is 1. The van der Waals surface area contributed by atoms with Crippen molar-refractivity contribution in [1.29, 1.82) is 0 Å². The van der Waals surface area contributed by atoms with E-state index in [0.29, 0.717) is 38.8 Å². The lowest BCUT2D eigenvalue weighted by molar-refractivity contribution is -0.383. The minimum atomic E-state index is -1.24. The van der Waals surface area contributed by atoms with Crippen LogP contribution in [0.3, 0.4) is 0 Å². The number of rotatable bonds is 6. The van der Waals surface area contributed by atoms with Gasteiger partial charge in [-0.25, -0.2) is 18.4 Å². The lowest BCUT2D eigenvalue weighted by Crippen LogP contribution is -2.02. The highest BCUT2D eigenvalue weighted by atomic mass is 19.1. The van der Waals surface area contributed by atoms with Crippen molar-refractivity contribution in [2.75, 3.05) is 7.11 Å². The Morgan fingerprint density at radius 3 is 1.98 bits per heavy atom. The number of nitro benzene ring substituents is 2. The SMILES string of the molecule is COC(=O)c1cc([N+](=O)[O-])c2[nH]c(-c3cccc(F)c3)cc2c1.Cn1c(-c2cccc(F)c2)cc2cc(C(=O)O)cc([N+](=O)[O-])c21. The van der Waals surface area contributed by atoms with Crippen LogP contribution in [0.2, 0.25) is 0 Å². The average Bonchev–Trinajstić information content (AvgIpc) is 3.61. The number of halogens is 2. The molecule has 0 radical (unpaired) electrons. The van der Waals surface area contributed by atoms with Crippen LogP contribution in [0.1, 0.15) is 20.7 Å². The first-order valence-electron chi connectivity index (χ1n) is 13.3. The molecular weight excluding hydrogens is 606 g/mol. The number of esters is 1. The maximum Gasteiger partial charge on any atom is 0.338 e. The lowest BCUT2D eigenvalue weighted by atomic mass is 10.1. The van der Waals surface area contributed by atoms with Crippen molar-refractivity contribution < 1.29 is 38.1 Å². The molecule has 2 N–H and O–H groups in total. The zero-order valence-electron chi connectivity index (χ0n) is 24.0. The Balaban J connectivity index is 0.000000181. The van der Waals surface area contributed by atoms with Crippen LogP contribution in [0.5, 0.6) is 0 Å². The van der Waals surface area contributed by atoms with Gasteiger partial charge in [0.2, 0.25) is 0 Å². The van der Waals surface area contributed by atoms with Crippen molar-refractivity contribution in [3.8, 4) is 22.5 Å². The van der Waals surface area contributed by atoms with Gasteiger partial charge in [-0.3, -0.25) is 20.2 Å². The van der Waals surface area contributed by atoms with Crippen LogP contribution in [-0.2, 0) is 11.8 Å². The van der Waals surface area contributed by atoms with E-state index in [1.54, 1.807) is 48.0 Å². The predicted molar refractivity (Wildman–Crippen MR) is 164 cm³/mol. The zero-order chi connectivity index (χ0) is 33.3. The molecule has 0 aliphatic rings. The molecule has 0 fully saturated rings. The highest BCUT2D eigenvalue weighted by molar-refractivity contribution is 6.01. The Hall–Kier alpha value is -6.44. The molecule has 0 bridgehead atoms.